The van der Waals surface area contributed by atoms with Crippen LogP contribution in [0.25, 0.3) is 34.2 Å². The summed E-state index contributed by atoms with van der Waals surface area (Å²) in [5.74, 6) is 0.394. The first-order valence-electron chi connectivity index (χ1n) is 7.36. The van der Waals surface area contributed by atoms with Crippen LogP contribution in [0, 0.1) is 0 Å². The summed E-state index contributed by atoms with van der Waals surface area (Å²) in [6.07, 6.45) is 11.1. The van der Waals surface area contributed by atoms with Crippen molar-refractivity contribution >= 4 is 34.2 Å². The van der Waals surface area contributed by atoms with E-state index in [1.165, 1.54) is 38.2 Å². The van der Waals surface area contributed by atoms with Gasteiger partial charge in [-0.05, 0) is 49.5 Å². The highest BCUT2D eigenvalue weighted by molar-refractivity contribution is 6.15. The van der Waals surface area contributed by atoms with E-state index < -0.39 is 0 Å². The highest BCUT2D eigenvalue weighted by Gasteiger charge is 2.23. The molecular formula is C21H14. The maximum Gasteiger partial charge on any atom is 0.0279 e. The molecule has 0 aromatic heterocycles. The predicted molar refractivity (Wildman–Crippen MR) is 91.2 cm³/mol. The molecule has 98 valence electrons. The van der Waals surface area contributed by atoms with Crippen molar-refractivity contribution in [2.45, 2.75) is 5.92 Å². The van der Waals surface area contributed by atoms with Gasteiger partial charge in [0.25, 0.3) is 0 Å². The molecule has 0 nitrogen and oxygen atoms in total. The number of rotatable bonds is 0. The molecule has 0 amide bonds. The van der Waals surface area contributed by atoms with E-state index in [-0.39, 0.29) is 0 Å². The molecule has 0 saturated carbocycles. The molecule has 0 N–H and O–H groups in total. The van der Waals surface area contributed by atoms with E-state index in [4.69, 9.17) is 0 Å². The second-order valence-electron chi connectivity index (χ2n) is 5.92. The lowest BCUT2D eigenvalue weighted by atomic mass is 9.77. The first-order chi connectivity index (χ1) is 10.3. The molecular weight excluding hydrogens is 252 g/mol. The molecule has 3 aromatic carbocycles. The Hall–Kier alpha value is -2.60. The van der Waals surface area contributed by atoms with Crippen molar-refractivity contribution < 1.29 is 0 Å². The van der Waals surface area contributed by atoms with Gasteiger partial charge in [-0.3, -0.25) is 0 Å². The zero-order valence-corrected chi connectivity index (χ0v) is 11.6. The maximum atomic E-state index is 4.26. The molecule has 0 spiro atoms. The monoisotopic (exact) mass is 266 g/mol. The van der Waals surface area contributed by atoms with Gasteiger partial charge >= 0.3 is 0 Å². The molecule has 21 heavy (non-hydrogen) atoms. The Bertz CT molecular complexity index is 1040. The zero-order valence-electron chi connectivity index (χ0n) is 11.6. The lowest BCUT2D eigenvalue weighted by Gasteiger charge is -2.26. The number of fused-ring (bicyclic) bond motifs is 2. The minimum absolute atomic E-state index is 0.394. The largest absolute Gasteiger partial charge is 0.0911 e. The third-order valence-electron chi connectivity index (χ3n) is 4.76. The first kappa shape index (κ1) is 11.1. The Morgan fingerprint density at radius 2 is 1.90 bits per heavy atom. The van der Waals surface area contributed by atoms with Gasteiger partial charge in [0.1, 0.15) is 0 Å². The second-order valence-corrected chi connectivity index (χ2v) is 5.92. The molecule has 2 aliphatic carbocycles. The van der Waals surface area contributed by atoms with Crippen LogP contribution in [0.1, 0.15) is 17.0 Å². The molecule has 1 unspecified atom stereocenters. The van der Waals surface area contributed by atoms with Gasteiger partial charge in [0, 0.05) is 5.92 Å². The molecule has 0 saturated heterocycles. The fourth-order valence-corrected chi connectivity index (χ4v) is 3.84. The van der Waals surface area contributed by atoms with Gasteiger partial charge < -0.3 is 0 Å². The van der Waals surface area contributed by atoms with Crippen molar-refractivity contribution in [1.82, 2.24) is 0 Å². The van der Waals surface area contributed by atoms with Crippen molar-refractivity contribution in [2.24, 2.45) is 0 Å². The van der Waals surface area contributed by atoms with Crippen molar-refractivity contribution in [2.75, 3.05) is 0 Å². The maximum absolute atomic E-state index is 4.26. The fourth-order valence-electron chi connectivity index (χ4n) is 3.84. The summed E-state index contributed by atoms with van der Waals surface area (Å²) in [4.78, 5) is 0. The second kappa shape index (κ2) is 3.73. The number of benzene rings is 3. The molecule has 0 aliphatic heterocycles. The molecule has 0 heteroatoms. The van der Waals surface area contributed by atoms with Gasteiger partial charge in [0.15, 0.2) is 0 Å². The molecule has 0 radical (unpaired) electrons. The van der Waals surface area contributed by atoms with Crippen LogP contribution in [0.3, 0.4) is 0 Å². The van der Waals surface area contributed by atoms with E-state index in [1.54, 1.807) is 0 Å². The van der Waals surface area contributed by atoms with Crippen LogP contribution in [0.15, 0.2) is 66.3 Å². The molecule has 3 aromatic rings. The standard InChI is InChI=1S/C21H14/c1-13-11-16-12-15-5-2-3-7-18(15)19-10-9-14-6-4-8-17(13)20(14)21(16)19/h2-12,18H,1H2. The van der Waals surface area contributed by atoms with Crippen molar-refractivity contribution in [3.8, 4) is 0 Å². The van der Waals surface area contributed by atoms with Crippen molar-refractivity contribution in [3.63, 3.8) is 0 Å². The van der Waals surface area contributed by atoms with Gasteiger partial charge in [-0.25, -0.2) is 0 Å². The number of allylic oxidation sites excluding steroid dienone is 5. The van der Waals surface area contributed by atoms with Crippen LogP contribution in [0.2, 0.25) is 0 Å². The van der Waals surface area contributed by atoms with Crippen molar-refractivity contribution in [3.05, 3.63) is 82.6 Å². The van der Waals surface area contributed by atoms with E-state index >= 15 is 0 Å². The fraction of sp³-hybridized carbons (Fsp3) is 0.0476. The van der Waals surface area contributed by atoms with E-state index in [0.717, 1.165) is 5.22 Å². The lowest BCUT2D eigenvalue weighted by Crippen LogP contribution is -2.10. The van der Waals surface area contributed by atoms with Gasteiger partial charge in [0.2, 0.25) is 0 Å². The predicted octanol–water partition coefficient (Wildman–Crippen LogP) is 4.73. The van der Waals surface area contributed by atoms with E-state index in [1.807, 2.05) is 0 Å². The molecule has 0 bridgehead atoms. The molecule has 2 aliphatic rings. The van der Waals surface area contributed by atoms with E-state index in [2.05, 4.69) is 73.4 Å². The minimum atomic E-state index is 0.394. The van der Waals surface area contributed by atoms with Gasteiger partial charge in [-0.1, -0.05) is 67.3 Å². The third kappa shape index (κ3) is 1.34. The summed E-state index contributed by atoms with van der Waals surface area (Å²) < 4.78 is 0. The highest BCUT2D eigenvalue weighted by atomic mass is 14.3. The summed E-state index contributed by atoms with van der Waals surface area (Å²) in [6.45, 7) is 4.26. The minimum Gasteiger partial charge on any atom is -0.0911 e. The summed E-state index contributed by atoms with van der Waals surface area (Å²) >= 11 is 0. The first-order valence-corrected chi connectivity index (χ1v) is 7.36. The lowest BCUT2D eigenvalue weighted by molar-refractivity contribution is 1.03. The van der Waals surface area contributed by atoms with Crippen LogP contribution in [-0.4, -0.2) is 0 Å². The smallest absolute Gasteiger partial charge is 0.0279 e. The Morgan fingerprint density at radius 1 is 0.952 bits per heavy atom. The van der Waals surface area contributed by atoms with Gasteiger partial charge in [-0.2, -0.15) is 0 Å². The normalized spacial score (nSPS) is 19.0. The molecule has 1 atom stereocenters. The summed E-state index contributed by atoms with van der Waals surface area (Å²) in [7, 11) is 0. The topological polar surface area (TPSA) is 0 Å². The van der Waals surface area contributed by atoms with Crippen molar-refractivity contribution in [1.29, 1.82) is 0 Å². The average molecular weight is 266 g/mol. The van der Waals surface area contributed by atoms with Crippen LogP contribution >= 0.6 is 0 Å². The average Bonchev–Trinajstić information content (AvgIpc) is 2.53. The highest BCUT2D eigenvalue weighted by Crippen LogP contribution is 2.43. The summed E-state index contributed by atoms with van der Waals surface area (Å²) in [5.41, 5.74) is 4.11. The Labute approximate surface area is 123 Å². The molecule has 5 rings (SSSR count). The Kier molecular flexibility index (Phi) is 1.97. The number of hydrogen-bond donors (Lipinski definition) is 0. The van der Waals surface area contributed by atoms with E-state index in [9.17, 15) is 0 Å². The van der Waals surface area contributed by atoms with Gasteiger partial charge in [0.05, 0.1) is 0 Å². The van der Waals surface area contributed by atoms with Crippen LogP contribution < -0.4 is 5.22 Å². The van der Waals surface area contributed by atoms with Gasteiger partial charge in [-0.15, -0.1) is 0 Å². The summed E-state index contributed by atoms with van der Waals surface area (Å²) in [5, 5.41) is 6.48. The summed E-state index contributed by atoms with van der Waals surface area (Å²) in [6, 6.07) is 13.3. The van der Waals surface area contributed by atoms with Crippen LogP contribution in [0.4, 0.5) is 0 Å². The van der Waals surface area contributed by atoms with Crippen LogP contribution in [0.5, 0.6) is 0 Å². The molecule has 0 heterocycles. The third-order valence-corrected chi connectivity index (χ3v) is 4.76. The quantitative estimate of drug-likeness (QED) is 0.552. The zero-order chi connectivity index (χ0) is 14.0. The van der Waals surface area contributed by atoms with E-state index in [0.29, 0.717) is 5.92 Å². The SMILES string of the molecule is C=c1cc2c3c(ccc4cccc1c43)C1C=CC=CC1=C2. The molecule has 0 fully saturated rings. The Morgan fingerprint density at radius 3 is 2.86 bits per heavy atom. The number of hydrogen-bond acceptors (Lipinski definition) is 0. The van der Waals surface area contributed by atoms with Crippen LogP contribution in [-0.2, 0) is 0 Å². The Balaban J connectivity index is 2.07.